The van der Waals surface area contributed by atoms with E-state index in [9.17, 15) is 4.39 Å². The molecule has 0 spiro atoms. The Hall–Kier alpha value is -0.870. The monoisotopic (exact) mass is 385 g/mol. The molecule has 0 fully saturated rings. The Morgan fingerprint density at radius 2 is 1.84 bits per heavy atom. The van der Waals surface area contributed by atoms with Gasteiger partial charge in [-0.15, -0.1) is 0 Å². The van der Waals surface area contributed by atoms with Crippen LogP contribution in [-0.4, -0.2) is 6.54 Å². The van der Waals surface area contributed by atoms with Gasteiger partial charge in [-0.1, -0.05) is 44.0 Å². The first-order valence-electron chi connectivity index (χ1n) is 6.03. The summed E-state index contributed by atoms with van der Waals surface area (Å²) in [5, 5.41) is 0.806. The molecule has 0 aliphatic heterocycles. The van der Waals surface area contributed by atoms with Crippen LogP contribution in [0.2, 0.25) is 0 Å². The lowest BCUT2D eigenvalue weighted by Crippen LogP contribution is -2.16. The van der Waals surface area contributed by atoms with E-state index in [1.54, 1.807) is 12.1 Å². The molecule has 1 nitrogen and oxygen atoms in total. The van der Waals surface area contributed by atoms with Crippen LogP contribution in [0.3, 0.4) is 0 Å². The topological polar surface area (TPSA) is 3.24 Å². The van der Waals surface area contributed by atoms with E-state index < -0.39 is 0 Å². The Balaban J connectivity index is 2.39. The molecule has 2 aromatic carbocycles. The number of halogens is 3. The summed E-state index contributed by atoms with van der Waals surface area (Å²) in [5.41, 5.74) is 3.10. The van der Waals surface area contributed by atoms with Crippen molar-refractivity contribution >= 4 is 43.2 Å². The maximum absolute atomic E-state index is 13.3. The summed E-state index contributed by atoms with van der Waals surface area (Å²) in [6.07, 6.45) is 0. The van der Waals surface area contributed by atoms with E-state index in [1.807, 2.05) is 6.07 Å². The molecule has 19 heavy (non-hydrogen) atoms. The molecule has 0 atom stereocenters. The first kappa shape index (κ1) is 14.5. The molecule has 0 saturated carbocycles. The van der Waals surface area contributed by atoms with Crippen LogP contribution >= 0.6 is 31.9 Å². The van der Waals surface area contributed by atoms with Crippen LogP contribution in [0.4, 0.5) is 15.8 Å². The van der Waals surface area contributed by atoms with Crippen LogP contribution < -0.4 is 4.90 Å². The second-order valence-electron chi connectivity index (χ2n) is 4.13. The zero-order valence-electron chi connectivity index (χ0n) is 10.5. The first-order chi connectivity index (χ1) is 9.15. The molecule has 0 radical (unpaired) electrons. The summed E-state index contributed by atoms with van der Waals surface area (Å²) in [5.74, 6) is -0.216. The lowest BCUT2D eigenvalue weighted by molar-refractivity contribution is 0.627. The van der Waals surface area contributed by atoms with Crippen LogP contribution in [-0.2, 0) is 5.33 Å². The Morgan fingerprint density at radius 3 is 2.42 bits per heavy atom. The zero-order chi connectivity index (χ0) is 13.8. The molecule has 0 saturated heterocycles. The van der Waals surface area contributed by atoms with E-state index in [-0.39, 0.29) is 5.82 Å². The SMILES string of the molecule is CCN(c1cccc(F)c1)c1ccc(CBr)c(Br)c1. The van der Waals surface area contributed by atoms with E-state index in [2.05, 4.69) is 61.9 Å². The van der Waals surface area contributed by atoms with Crippen molar-refractivity contribution in [3.63, 3.8) is 0 Å². The highest BCUT2D eigenvalue weighted by atomic mass is 79.9. The molecule has 0 heterocycles. The van der Waals surface area contributed by atoms with Crippen molar-refractivity contribution in [3.05, 3.63) is 58.3 Å². The average molecular weight is 387 g/mol. The first-order valence-corrected chi connectivity index (χ1v) is 7.94. The molecule has 0 bridgehead atoms. The molecule has 0 aromatic heterocycles. The normalized spacial score (nSPS) is 10.5. The van der Waals surface area contributed by atoms with Gasteiger partial charge in [0.25, 0.3) is 0 Å². The Labute approximate surface area is 129 Å². The standard InChI is InChI=1S/C15H14Br2FN/c1-2-19(13-5-3-4-12(18)8-13)14-7-6-11(10-16)15(17)9-14/h3-9H,2,10H2,1H3. The number of benzene rings is 2. The Bertz CT molecular complexity index is 572. The van der Waals surface area contributed by atoms with Gasteiger partial charge in [0.1, 0.15) is 5.82 Å². The number of hydrogen-bond acceptors (Lipinski definition) is 1. The third kappa shape index (κ3) is 3.37. The third-order valence-electron chi connectivity index (χ3n) is 2.93. The molecule has 0 amide bonds. The predicted molar refractivity (Wildman–Crippen MR) is 85.9 cm³/mol. The highest BCUT2D eigenvalue weighted by Gasteiger charge is 2.09. The van der Waals surface area contributed by atoms with Crippen LogP contribution in [0, 0.1) is 5.82 Å². The van der Waals surface area contributed by atoms with Gasteiger partial charge in [-0.3, -0.25) is 0 Å². The predicted octanol–water partition coefficient (Wildman–Crippen LogP) is 5.64. The molecule has 4 heteroatoms. The highest BCUT2D eigenvalue weighted by Crippen LogP contribution is 2.30. The van der Waals surface area contributed by atoms with Gasteiger partial charge in [0, 0.05) is 27.7 Å². The van der Waals surface area contributed by atoms with Crippen molar-refractivity contribution in [1.82, 2.24) is 0 Å². The van der Waals surface area contributed by atoms with Gasteiger partial charge in [0.05, 0.1) is 0 Å². The maximum Gasteiger partial charge on any atom is 0.125 e. The van der Waals surface area contributed by atoms with E-state index in [1.165, 1.54) is 11.6 Å². The second-order valence-corrected chi connectivity index (χ2v) is 5.55. The molecule has 2 aromatic rings. The smallest absolute Gasteiger partial charge is 0.125 e. The van der Waals surface area contributed by atoms with Crippen molar-refractivity contribution in [2.24, 2.45) is 0 Å². The lowest BCUT2D eigenvalue weighted by Gasteiger charge is -2.24. The third-order valence-corrected chi connectivity index (χ3v) is 4.27. The average Bonchev–Trinajstić information content (AvgIpc) is 2.40. The number of rotatable bonds is 4. The second kappa shape index (κ2) is 6.53. The molecule has 0 N–H and O–H groups in total. The number of alkyl halides is 1. The molecule has 100 valence electrons. The summed E-state index contributed by atoms with van der Waals surface area (Å²) < 4.78 is 14.4. The minimum absolute atomic E-state index is 0.216. The molecule has 0 aliphatic rings. The summed E-state index contributed by atoms with van der Waals surface area (Å²) in [6.45, 7) is 2.83. The summed E-state index contributed by atoms with van der Waals surface area (Å²) in [4.78, 5) is 2.08. The minimum atomic E-state index is -0.216. The number of anilines is 2. The van der Waals surface area contributed by atoms with E-state index in [4.69, 9.17) is 0 Å². The fraction of sp³-hybridized carbons (Fsp3) is 0.200. The van der Waals surface area contributed by atoms with E-state index >= 15 is 0 Å². The summed E-state index contributed by atoms with van der Waals surface area (Å²) in [7, 11) is 0. The van der Waals surface area contributed by atoms with Gasteiger partial charge < -0.3 is 4.90 Å². The van der Waals surface area contributed by atoms with Crippen molar-refractivity contribution in [3.8, 4) is 0 Å². The van der Waals surface area contributed by atoms with Gasteiger partial charge in [-0.25, -0.2) is 4.39 Å². The van der Waals surface area contributed by atoms with Crippen molar-refractivity contribution in [2.45, 2.75) is 12.3 Å². The largest absolute Gasteiger partial charge is 0.342 e. The van der Waals surface area contributed by atoms with Gasteiger partial charge in [0.2, 0.25) is 0 Å². The molecular weight excluding hydrogens is 373 g/mol. The van der Waals surface area contributed by atoms with Crippen LogP contribution in [0.15, 0.2) is 46.9 Å². The van der Waals surface area contributed by atoms with Crippen LogP contribution in [0.5, 0.6) is 0 Å². The maximum atomic E-state index is 13.3. The molecule has 2 rings (SSSR count). The van der Waals surface area contributed by atoms with E-state index in [0.717, 1.165) is 27.7 Å². The Kier molecular flexibility index (Phi) is 4.99. The highest BCUT2D eigenvalue weighted by molar-refractivity contribution is 9.10. The van der Waals surface area contributed by atoms with Gasteiger partial charge in [-0.05, 0) is 42.8 Å². The van der Waals surface area contributed by atoms with Crippen LogP contribution in [0.25, 0.3) is 0 Å². The van der Waals surface area contributed by atoms with Gasteiger partial charge >= 0.3 is 0 Å². The van der Waals surface area contributed by atoms with Gasteiger partial charge in [-0.2, -0.15) is 0 Å². The molecule has 0 aliphatic carbocycles. The molecule has 0 unspecified atom stereocenters. The van der Waals surface area contributed by atoms with Crippen LogP contribution in [0.1, 0.15) is 12.5 Å². The fourth-order valence-electron chi connectivity index (χ4n) is 1.97. The fourth-order valence-corrected chi connectivity index (χ4v) is 3.34. The van der Waals surface area contributed by atoms with Crippen molar-refractivity contribution < 1.29 is 4.39 Å². The number of nitrogens with zero attached hydrogens (tertiary/aromatic N) is 1. The quantitative estimate of drug-likeness (QED) is 0.614. The minimum Gasteiger partial charge on any atom is -0.342 e. The number of hydrogen-bond donors (Lipinski definition) is 0. The van der Waals surface area contributed by atoms with Gasteiger partial charge in [0.15, 0.2) is 0 Å². The van der Waals surface area contributed by atoms with Crippen molar-refractivity contribution in [2.75, 3.05) is 11.4 Å². The zero-order valence-corrected chi connectivity index (χ0v) is 13.7. The van der Waals surface area contributed by atoms with E-state index in [0.29, 0.717) is 0 Å². The Morgan fingerprint density at radius 1 is 1.11 bits per heavy atom. The summed E-state index contributed by atoms with van der Waals surface area (Å²) >= 11 is 7.01. The molecular formula is C15H14Br2FN. The lowest BCUT2D eigenvalue weighted by atomic mass is 10.2. The summed E-state index contributed by atoms with van der Waals surface area (Å²) in [6, 6.07) is 12.8. The van der Waals surface area contributed by atoms with Crippen molar-refractivity contribution in [1.29, 1.82) is 0 Å².